The first-order valence-corrected chi connectivity index (χ1v) is 7.67. The quantitative estimate of drug-likeness (QED) is 0.718. The number of hydrogen-bond acceptors (Lipinski definition) is 2. The van der Waals surface area contributed by atoms with Crippen LogP contribution in [0.25, 0.3) is 0 Å². The van der Waals surface area contributed by atoms with Gasteiger partial charge < -0.3 is 4.74 Å². The van der Waals surface area contributed by atoms with Gasteiger partial charge in [0.1, 0.15) is 18.0 Å². The van der Waals surface area contributed by atoms with Gasteiger partial charge in [-0.05, 0) is 36.8 Å². The third-order valence-electron chi connectivity index (χ3n) is 3.39. The number of nitrogens with zero attached hydrogens (tertiary/aromatic N) is 1. The maximum absolute atomic E-state index is 14.0. The molecule has 0 saturated carbocycles. The molecule has 0 saturated heterocycles. The summed E-state index contributed by atoms with van der Waals surface area (Å²) in [4.78, 5) is 4.52. The number of halogens is 3. The summed E-state index contributed by atoms with van der Waals surface area (Å²) in [5.74, 6) is -0.163. The zero-order valence-corrected chi connectivity index (χ0v) is 13.5. The first-order valence-electron chi connectivity index (χ1n) is 6.50. The highest BCUT2D eigenvalue weighted by molar-refractivity contribution is 9.10. The maximum Gasteiger partial charge on any atom is 0.221 e. The van der Waals surface area contributed by atoms with Crippen molar-refractivity contribution in [1.29, 1.82) is 0 Å². The highest BCUT2D eigenvalue weighted by Gasteiger charge is 2.31. The van der Waals surface area contributed by atoms with Crippen LogP contribution in [0.15, 0.2) is 51.9 Å². The SMILES string of the molecule is C[C@@H]1OC(c2c(F)cccc2Cl)=N[C@H]1c1ccc(Br)cc1. The predicted molar refractivity (Wildman–Crippen MR) is 85.4 cm³/mol. The monoisotopic (exact) mass is 367 g/mol. The van der Waals surface area contributed by atoms with Gasteiger partial charge in [0.25, 0.3) is 0 Å². The zero-order chi connectivity index (χ0) is 15.0. The third-order valence-corrected chi connectivity index (χ3v) is 4.23. The van der Waals surface area contributed by atoms with Crippen LogP contribution in [-0.2, 0) is 4.74 Å². The summed E-state index contributed by atoms with van der Waals surface area (Å²) >= 11 is 9.47. The number of hydrogen-bond donors (Lipinski definition) is 0. The van der Waals surface area contributed by atoms with Crippen molar-refractivity contribution in [2.75, 3.05) is 0 Å². The molecule has 0 N–H and O–H groups in total. The van der Waals surface area contributed by atoms with E-state index in [9.17, 15) is 4.39 Å². The minimum Gasteiger partial charge on any atom is -0.472 e. The van der Waals surface area contributed by atoms with Gasteiger partial charge in [-0.1, -0.05) is 45.7 Å². The van der Waals surface area contributed by atoms with Gasteiger partial charge in [0, 0.05) is 4.47 Å². The maximum atomic E-state index is 14.0. The molecule has 108 valence electrons. The van der Waals surface area contributed by atoms with Crippen molar-refractivity contribution in [3.8, 4) is 0 Å². The van der Waals surface area contributed by atoms with Crippen molar-refractivity contribution >= 4 is 33.4 Å². The Kier molecular flexibility index (Phi) is 4.00. The first-order chi connectivity index (χ1) is 10.1. The van der Waals surface area contributed by atoms with E-state index in [1.807, 2.05) is 31.2 Å². The van der Waals surface area contributed by atoms with E-state index >= 15 is 0 Å². The number of aliphatic imine (C=N–C) groups is 1. The molecular formula is C16H12BrClFNO. The average molecular weight is 369 g/mol. The van der Waals surface area contributed by atoms with E-state index in [2.05, 4.69) is 20.9 Å². The lowest BCUT2D eigenvalue weighted by Gasteiger charge is -2.13. The molecule has 0 amide bonds. The van der Waals surface area contributed by atoms with Crippen LogP contribution in [0.3, 0.4) is 0 Å². The van der Waals surface area contributed by atoms with Gasteiger partial charge in [-0.3, -0.25) is 0 Å². The molecule has 0 aliphatic carbocycles. The molecule has 21 heavy (non-hydrogen) atoms. The molecule has 0 radical (unpaired) electrons. The molecule has 2 aromatic rings. The van der Waals surface area contributed by atoms with E-state index in [0.717, 1.165) is 10.0 Å². The van der Waals surface area contributed by atoms with Crippen LogP contribution in [0.2, 0.25) is 5.02 Å². The van der Waals surface area contributed by atoms with E-state index in [1.54, 1.807) is 12.1 Å². The Morgan fingerprint density at radius 3 is 2.57 bits per heavy atom. The van der Waals surface area contributed by atoms with Crippen molar-refractivity contribution in [1.82, 2.24) is 0 Å². The van der Waals surface area contributed by atoms with Gasteiger partial charge in [-0.25, -0.2) is 9.38 Å². The smallest absolute Gasteiger partial charge is 0.221 e. The molecule has 0 aromatic heterocycles. The highest BCUT2D eigenvalue weighted by atomic mass is 79.9. The fourth-order valence-corrected chi connectivity index (χ4v) is 2.84. The van der Waals surface area contributed by atoms with Crippen molar-refractivity contribution in [3.05, 3.63) is 68.9 Å². The zero-order valence-electron chi connectivity index (χ0n) is 11.2. The molecular weight excluding hydrogens is 357 g/mol. The molecule has 2 atom stereocenters. The van der Waals surface area contributed by atoms with Crippen LogP contribution in [0.5, 0.6) is 0 Å². The molecule has 0 spiro atoms. The predicted octanol–water partition coefficient (Wildman–Crippen LogP) is 5.15. The Morgan fingerprint density at radius 2 is 1.90 bits per heavy atom. The molecule has 2 aromatic carbocycles. The molecule has 2 nitrogen and oxygen atoms in total. The summed E-state index contributed by atoms with van der Waals surface area (Å²) < 4.78 is 20.7. The second-order valence-corrected chi connectivity index (χ2v) is 6.17. The molecule has 0 unspecified atom stereocenters. The van der Waals surface area contributed by atoms with Crippen LogP contribution in [-0.4, -0.2) is 12.0 Å². The second-order valence-electron chi connectivity index (χ2n) is 4.85. The average Bonchev–Trinajstić information content (AvgIpc) is 2.81. The first kappa shape index (κ1) is 14.5. The molecule has 0 fully saturated rings. The topological polar surface area (TPSA) is 21.6 Å². The van der Waals surface area contributed by atoms with Gasteiger partial charge in [-0.15, -0.1) is 0 Å². The van der Waals surface area contributed by atoms with Crippen LogP contribution in [0, 0.1) is 5.82 Å². The van der Waals surface area contributed by atoms with E-state index < -0.39 is 5.82 Å². The van der Waals surface area contributed by atoms with E-state index in [0.29, 0.717) is 5.02 Å². The Hall–Kier alpha value is -1.39. The summed E-state index contributed by atoms with van der Waals surface area (Å²) in [5.41, 5.74) is 1.25. The van der Waals surface area contributed by atoms with E-state index in [-0.39, 0.29) is 23.6 Å². The Balaban J connectivity index is 1.99. The van der Waals surface area contributed by atoms with E-state index in [4.69, 9.17) is 16.3 Å². The Labute approximate surface area is 135 Å². The number of rotatable bonds is 2. The molecule has 3 rings (SSSR count). The minimum absolute atomic E-state index is 0.163. The summed E-state index contributed by atoms with van der Waals surface area (Å²) in [6, 6.07) is 12.2. The van der Waals surface area contributed by atoms with Gasteiger partial charge in [0.2, 0.25) is 5.90 Å². The lowest BCUT2D eigenvalue weighted by Crippen LogP contribution is -2.13. The largest absolute Gasteiger partial charge is 0.472 e. The summed E-state index contributed by atoms with van der Waals surface area (Å²) in [6.45, 7) is 1.91. The molecule has 5 heteroatoms. The lowest BCUT2D eigenvalue weighted by atomic mass is 10.0. The van der Waals surface area contributed by atoms with Gasteiger partial charge >= 0.3 is 0 Å². The van der Waals surface area contributed by atoms with Crippen molar-refractivity contribution in [2.45, 2.75) is 19.1 Å². The summed E-state index contributed by atoms with van der Waals surface area (Å²) in [5, 5.41) is 0.303. The summed E-state index contributed by atoms with van der Waals surface area (Å²) in [6.07, 6.45) is -0.170. The second kappa shape index (κ2) is 5.78. The van der Waals surface area contributed by atoms with Crippen LogP contribution >= 0.6 is 27.5 Å². The van der Waals surface area contributed by atoms with Gasteiger partial charge in [-0.2, -0.15) is 0 Å². The lowest BCUT2D eigenvalue weighted by molar-refractivity contribution is 0.213. The van der Waals surface area contributed by atoms with Gasteiger partial charge in [0.05, 0.1) is 10.6 Å². The highest BCUT2D eigenvalue weighted by Crippen LogP contribution is 2.33. The minimum atomic E-state index is -0.426. The molecule has 1 aliphatic rings. The molecule has 1 heterocycles. The van der Waals surface area contributed by atoms with Crippen molar-refractivity contribution < 1.29 is 9.13 Å². The number of benzene rings is 2. The van der Waals surface area contributed by atoms with Crippen molar-refractivity contribution in [3.63, 3.8) is 0 Å². The number of ether oxygens (including phenoxy) is 1. The third kappa shape index (κ3) is 2.83. The van der Waals surface area contributed by atoms with E-state index in [1.165, 1.54) is 6.07 Å². The van der Waals surface area contributed by atoms with Crippen LogP contribution in [0.1, 0.15) is 24.1 Å². The van der Waals surface area contributed by atoms with Crippen molar-refractivity contribution in [2.24, 2.45) is 4.99 Å². The summed E-state index contributed by atoms with van der Waals surface area (Å²) in [7, 11) is 0. The Bertz CT molecular complexity index is 682. The normalized spacial score (nSPS) is 21.0. The Morgan fingerprint density at radius 1 is 1.19 bits per heavy atom. The van der Waals surface area contributed by atoms with Crippen LogP contribution < -0.4 is 0 Å². The van der Waals surface area contributed by atoms with Crippen LogP contribution in [0.4, 0.5) is 4.39 Å². The standard InChI is InChI=1S/C16H12BrClFNO/c1-9-15(10-5-7-11(17)8-6-10)20-16(21-9)14-12(18)3-2-4-13(14)19/h2-9,15H,1H3/t9-,15+/m0/s1. The fraction of sp³-hybridized carbons (Fsp3) is 0.188. The molecule has 1 aliphatic heterocycles. The fourth-order valence-electron chi connectivity index (χ4n) is 2.33. The molecule has 0 bridgehead atoms. The van der Waals surface area contributed by atoms with Gasteiger partial charge in [0.15, 0.2) is 0 Å².